The van der Waals surface area contributed by atoms with Crippen LogP contribution in [0, 0.1) is 0 Å². The number of hydrogen-bond donors (Lipinski definition) is 0. The number of rotatable bonds is 7. The van der Waals surface area contributed by atoms with Gasteiger partial charge in [0.15, 0.2) is 0 Å². The van der Waals surface area contributed by atoms with Crippen molar-refractivity contribution in [3.05, 3.63) is 35.9 Å². The first kappa shape index (κ1) is 14.9. The summed E-state index contributed by atoms with van der Waals surface area (Å²) in [5.74, 6) is -0.319. The third-order valence-electron chi connectivity index (χ3n) is 2.61. The van der Waals surface area contributed by atoms with Crippen molar-refractivity contribution in [2.45, 2.75) is 25.5 Å². The maximum Gasteiger partial charge on any atom is 0.363 e. The quantitative estimate of drug-likeness (QED) is 0.561. The summed E-state index contributed by atoms with van der Waals surface area (Å²) in [6, 6.07) is 8.96. The Labute approximate surface area is 110 Å². The lowest BCUT2D eigenvalue weighted by Gasteiger charge is -2.22. The zero-order valence-electron chi connectivity index (χ0n) is 11.1. The summed E-state index contributed by atoms with van der Waals surface area (Å²) in [5, 5.41) is 0. The van der Waals surface area contributed by atoms with Crippen molar-refractivity contribution in [1.82, 2.24) is 0 Å². The van der Waals surface area contributed by atoms with Gasteiger partial charge in [0.05, 0.1) is 5.56 Å². The highest BCUT2D eigenvalue weighted by Gasteiger charge is 2.28. The van der Waals surface area contributed by atoms with Gasteiger partial charge in [-0.2, -0.15) is 0 Å². The summed E-state index contributed by atoms with van der Waals surface area (Å²) < 4.78 is 16.1. The van der Waals surface area contributed by atoms with E-state index in [9.17, 15) is 4.79 Å². The Kier molecular flexibility index (Phi) is 6.63. The summed E-state index contributed by atoms with van der Waals surface area (Å²) in [6.07, 6.45) is 1.68. The minimum atomic E-state index is -1.95. The van der Waals surface area contributed by atoms with Crippen LogP contribution in [-0.4, -0.2) is 35.2 Å². The van der Waals surface area contributed by atoms with Gasteiger partial charge in [-0.15, -0.1) is 0 Å². The minimum Gasteiger partial charge on any atom is -0.457 e. The maximum atomic E-state index is 12.0. The monoisotopic (exact) mass is 268 g/mol. The van der Waals surface area contributed by atoms with E-state index in [0.29, 0.717) is 5.56 Å². The average Bonchev–Trinajstić information content (AvgIpc) is 2.41. The Morgan fingerprint density at radius 3 is 2.33 bits per heavy atom. The second-order valence-corrected chi connectivity index (χ2v) is 6.36. The van der Waals surface area contributed by atoms with E-state index >= 15 is 0 Å². The number of ether oxygens (including phenoxy) is 1. The molecule has 1 rings (SSSR count). The first-order valence-electron chi connectivity index (χ1n) is 6.04. The van der Waals surface area contributed by atoms with Crippen molar-refractivity contribution in [1.29, 1.82) is 0 Å². The van der Waals surface area contributed by atoms with Crippen molar-refractivity contribution in [3.8, 4) is 0 Å². The van der Waals surface area contributed by atoms with Crippen LogP contribution in [0.4, 0.5) is 0 Å². The standard InChI is InChI=1S/C13H20O4Si/c1-4-8-12(18(15-2)16-3)17-13(14)11-9-6-5-7-10-11/h5-7,9-10,12,18H,4,8H2,1-3H3. The van der Waals surface area contributed by atoms with Gasteiger partial charge in [0, 0.05) is 14.2 Å². The molecular weight excluding hydrogens is 248 g/mol. The van der Waals surface area contributed by atoms with Gasteiger partial charge in [-0.3, -0.25) is 0 Å². The summed E-state index contributed by atoms with van der Waals surface area (Å²) in [5.41, 5.74) is 0.302. The second kappa shape index (κ2) is 8.02. The number of carbonyl (C=O) groups is 1. The fourth-order valence-corrected chi connectivity index (χ4v) is 3.35. The molecule has 0 aliphatic rings. The molecule has 0 saturated carbocycles. The van der Waals surface area contributed by atoms with Crippen LogP contribution in [0.25, 0.3) is 0 Å². The van der Waals surface area contributed by atoms with Gasteiger partial charge < -0.3 is 13.6 Å². The van der Waals surface area contributed by atoms with Crippen LogP contribution < -0.4 is 0 Å². The molecule has 1 atom stereocenters. The fraction of sp³-hybridized carbons (Fsp3) is 0.462. The minimum absolute atomic E-state index is 0.252. The van der Waals surface area contributed by atoms with E-state index in [0.717, 1.165) is 12.8 Å². The van der Waals surface area contributed by atoms with Crippen molar-refractivity contribution >= 4 is 15.3 Å². The smallest absolute Gasteiger partial charge is 0.363 e. The van der Waals surface area contributed by atoms with Gasteiger partial charge >= 0.3 is 15.3 Å². The topological polar surface area (TPSA) is 44.8 Å². The van der Waals surface area contributed by atoms with Crippen LogP contribution >= 0.6 is 0 Å². The van der Waals surface area contributed by atoms with E-state index in [1.807, 2.05) is 25.1 Å². The number of hydrogen-bond acceptors (Lipinski definition) is 4. The van der Waals surface area contributed by atoms with Crippen LogP contribution in [0.15, 0.2) is 30.3 Å². The number of carbonyl (C=O) groups excluding carboxylic acids is 1. The molecule has 0 fully saturated rings. The third kappa shape index (κ3) is 4.25. The molecule has 0 bridgehead atoms. The van der Waals surface area contributed by atoms with Crippen LogP contribution in [0.2, 0.25) is 0 Å². The van der Waals surface area contributed by atoms with Crippen molar-refractivity contribution in [2.24, 2.45) is 0 Å². The van der Waals surface area contributed by atoms with Crippen LogP contribution in [0.5, 0.6) is 0 Å². The van der Waals surface area contributed by atoms with E-state index in [4.69, 9.17) is 13.6 Å². The lowest BCUT2D eigenvalue weighted by Crippen LogP contribution is -2.39. The molecule has 100 valence electrons. The number of benzene rings is 1. The normalized spacial score (nSPS) is 12.4. The summed E-state index contributed by atoms with van der Waals surface area (Å²) in [7, 11) is 1.25. The molecule has 0 amide bonds. The predicted molar refractivity (Wildman–Crippen MR) is 71.7 cm³/mol. The summed E-state index contributed by atoms with van der Waals surface area (Å²) >= 11 is 0. The molecule has 0 aromatic heterocycles. The first-order chi connectivity index (χ1) is 8.72. The Morgan fingerprint density at radius 2 is 1.83 bits per heavy atom. The van der Waals surface area contributed by atoms with Crippen molar-refractivity contribution in [3.63, 3.8) is 0 Å². The van der Waals surface area contributed by atoms with Gasteiger partial charge in [0.2, 0.25) is 0 Å². The molecule has 1 unspecified atom stereocenters. The molecule has 0 spiro atoms. The van der Waals surface area contributed by atoms with Gasteiger partial charge in [-0.05, 0) is 18.6 Å². The van der Waals surface area contributed by atoms with E-state index in [2.05, 4.69) is 0 Å². The molecule has 0 N–H and O–H groups in total. The molecular formula is C13H20O4Si. The van der Waals surface area contributed by atoms with E-state index < -0.39 is 9.28 Å². The van der Waals surface area contributed by atoms with Gasteiger partial charge in [0.25, 0.3) is 0 Å². The Hall–Kier alpha value is -1.17. The molecule has 0 saturated heterocycles. The molecule has 0 aliphatic carbocycles. The lowest BCUT2D eigenvalue weighted by atomic mass is 10.2. The van der Waals surface area contributed by atoms with Crippen LogP contribution in [-0.2, 0) is 13.6 Å². The highest BCUT2D eigenvalue weighted by atomic mass is 28.3. The Morgan fingerprint density at radius 1 is 1.22 bits per heavy atom. The molecule has 0 heterocycles. The second-order valence-electron chi connectivity index (χ2n) is 3.94. The summed E-state index contributed by atoms with van der Waals surface area (Å²) in [6.45, 7) is 2.04. The van der Waals surface area contributed by atoms with Crippen LogP contribution in [0.3, 0.4) is 0 Å². The molecule has 0 aliphatic heterocycles. The first-order valence-corrected chi connectivity index (χ1v) is 7.65. The Balaban J connectivity index is 2.68. The van der Waals surface area contributed by atoms with E-state index in [-0.39, 0.29) is 11.7 Å². The fourth-order valence-electron chi connectivity index (χ4n) is 1.71. The maximum absolute atomic E-state index is 12.0. The zero-order chi connectivity index (χ0) is 13.4. The molecule has 18 heavy (non-hydrogen) atoms. The number of esters is 1. The predicted octanol–water partition coefficient (Wildman–Crippen LogP) is 2.06. The molecule has 1 aromatic carbocycles. The zero-order valence-corrected chi connectivity index (χ0v) is 12.2. The van der Waals surface area contributed by atoms with Crippen molar-refractivity contribution < 1.29 is 18.4 Å². The average molecular weight is 268 g/mol. The SMILES string of the molecule is CCCC(OC(=O)c1ccccc1)[SiH](OC)OC. The van der Waals surface area contributed by atoms with Gasteiger partial charge in [-0.25, -0.2) is 4.79 Å². The van der Waals surface area contributed by atoms with E-state index in [1.54, 1.807) is 26.4 Å². The lowest BCUT2D eigenvalue weighted by molar-refractivity contribution is 0.0347. The van der Waals surface area contributed by atoms with Gasteiger partial charge in [0.1, 0.15) is 5.73 Å². The highest BCUT2D eigenvalue weighted by molar-refractivity contribution is 6.46. The molecule has 4 nitrogen and oxygen atoms in total. The highest BCUT2D eigenvalue weighted by Crippen LogP contribution is 2.11. The summed E-state index contributed by atoms with van der Waals surface area (Å²) in [4.78, 5) is 12.0. The van der Waals surface area contributed by atoms with E-state index in [1.165, 1.54) is 0 Å². The molecule has 1 aromatic rings. The van der Waals surface area contributed by atoms with Crippen molar-refractivity contribution in [2.75, 3.05) is 14.2 Å². The molecule has 0 radical (unpaired) electrons. The third-order valence-corrected chi connectivity index (χ3v) is 4.62. The molecule has 5 heteroatoms. The Bertz CT molecular complexity index is 351. The van der Waals surface area contributed by atoms with Crippen LogP contribution in [0.1, 0.15) is 30.1 Å². The largest absolute Gasteiger partial charge is 0.457 e. The van der Waals surface area contributed by atoms with Gasteiger partial charge in [-0.1, -0.05) is 31.5 Å².